The van der Waals surface area contributed by atoms with Gasteiger partial charge in [-0.15, -0.1) is 5.12 Å². The van der Waals surface area contributed by atoms with Gasteiger partial charge in [-0.2, -0.15) is 13.4 Å². The van der Waals surface area contributed by atoms with Crippen molar-refractivity contribution in [2.45, 2.75) is 4.90 Å². The molecule has 1 aromatic rings. The Morgan fingerprint density at radius 2 is 1.90 bits per heavy atom. The molecule has 0 radical (unpaired) electrons. The van der Waals surface area contributed by atoms with Gasteiger partial charge in [-0.05, 0) is 24.3 Å². The van der Waals surface area contributed by atoms with Gasteiger partial charge in [-0.1, -0.05) is 0 Å². The third-order valence-corrected chi connectivity index (χ3v) is 3.68. The number of hydrogen-bond donors (Lipinski definition) is 3. The van der Waals surface area contributed by atoms with Gasteiger partial charge in [0, 0.05) is 7.05 Å². The van der Waals surface area contributed by atoms with Gasteiger partial charge in [0.05, 0.1) is 17.1 Å². The van der Waals surface area contributed by atoms with E-state index in [1.165, 1.54) is 34.4 Å². The van der Waals surface area contributed by atoms with Crippen LogP contribution in [0.2, 0.25) is 0 Å². The second-order valence-electron chi connectivity index (χ2n) is 4.06. The van der Waals surface area contributed by atoms with Crippen LogP contribution in [-0.2, 0) is 10.1 Å². The van der Waals surface area contributed by atoms with E-state index in [-0.39, 0.29) is 17.3 Å². The van der Waals surface area contributed by atoms with Crippen molar-refractivity contribution in [1.29, 1.82) is 5.41 Å². The van der Waals surface area contributed by atoms with Gasteiger partial charge in [0.15, 0.2) is 0 Å². The molecule has 1 saturated heterocycles. The number of carbonyl (C=O) groups is 1. The molecule has 2 rings (SSSR count). The molecule has 10 heteroatoms. The first-order valence-electron chi connectivity index (χ1n) is 5.41. The Bertz CT molecular complexity index is 649. The molecule has 0 unspecified atom stereocenters. The lowest BCUT2D eigenvalue weighted by atomic mass is 10.3. The summed E-state index contributed by atoms with van der Waals surface area (Å²) in [6.07, 6.45) is -1.28. The van der Waals surface area contributed by atoms with E-state index in [1.54, 1.807) is 7.05 Å². The fraction of sp³-hybridized carbons (Fsp3) is 0.200. The first-order chi connectivity index (χ1) is 9.21. The van der Waals surface area contributed by atoms with Crippen molar-refractivity contribution < 1.29 is 22.9 Å². The summed E-state index contributed by atoms with van der Waals surface area (Å²) >= 11 is 0. The van der Waals surface area contributed by atoms with E-state index < -0.39 is 16.2 Å². The maximum Gasteiger partial charge on any atom is 0.429 e. The topological polar surface area (TPSA) is 125 Å². The van der Waals surface area contributed by atoms with Gasteiger partial charge in [0.2, 0.25) is 0 Å². The van der Waals surface area contributed by atoms with Crippen LogP contribution in [0.4, 0.5) is 10.5 Å². The van der Waals surface area contributed by atoms with Crippen LogP contribution in [0.3, 0.4) is 0 Å². The zero-order valence-electron chi connectivity index (χ0n) is 10.4. The molecule has 0 bridgehead atoms. The summed E-state index contributed by atoms with van der Waals surface area (Å²) in [5.74, 6) is -0.0566. The Morgan fingerprint density at radius 1 is 1.35 bits per heavy atom. The quantitative estimate of drug-likeness (QED) is 0.693. The van der Waals surface area contributed by atoms with Gasteiger partial charge in [-0.3, -0.25) is 15.0 Å². The van der Waals surface area contributed by atoms with E-state index in [0.717, 1.165) is 5.01 Å². The Balaban J connectivity index is 2.20. The molecule has 0 atom stereocenters. The number of hydrazine groups is 2. The monoisotopic (exact) mass is 300 g/mol. The molecule has 9 nitrogen and oxygen atoms in total. The van der Waals surface area contributed by atoms with Crippen LogP contribution in [-0.4, -0.2) is 53.7 Å². The molecule has 1 aliphatic heterocycles. The molecule has 1 heterocycles. The molecule has 0 saturated carbocycles. The van der Waals surface area contributed by atoms with E-state index in [9.17, 15) is 13.2 Å². The molecule has 1 aliphatic rings. The van der Waals surface area contributed by atoms with Crippen LogP contribution in [0.1, 0.15) is 0 Å². The molecule has 1 fully saturated rings. The van der Waals surface area contributed by atoms with Crippen LogP contribution in [0.25, 0.3) is 0 Å². The van der Waals surface area contributed by atoms with Gasteiger partial charge >= 0.3 is 6.09 Å². The van der Waals surface area contributed by atoms with Crippen molar-refractivity contribution in [3.63, 3.8) is 0 Å². The van der Waals surface area contributed by atoms with Crippen molar-refractivity contribution in [2.75, 3.05) is 18.6 Å². The Hall–Kier alpha value is -2.17. The third-order valence-electron chi connectivity index (χ3n) is 2.81. The van der Waals surface area contributed by atoms with Crippen LogP contribution >= 0.6 is 0 Å². The number of amidine groups is 1. The smallest absolute Gasteiger partial charge is 0.429 e. The van der Waals surface area contributed by atoms with E-state index in [1.807, 2.05) is 0 Å². The molecule has 0 spiro atoms. The maximum atomic E-state index is 10.9. The number of nitrogens with zero attached hydrogens (tertiary/aromatic N) is 3. The summed E-state index contributed by atoms with van der Waals surface area (Å²) in [4.78, 5) is 10.7. The highest BCUT2D eigenvalue weighted by molar-refractivity contribution is 7.85. The average molecular weight is 300 g/mol. The number of benzene rings is 1. The number of hydrogen-bond acceptors (Lipinski definition) is 6. The number of carboxylic acid groups (broad SMARTS) is 1. The Kier molecular flexibility index (Phi) is 3.38. The van der Waals surface area contributed by atoms with Crippen molar-refractivity contribution in [3.8, 4) is 0 Å². The van der Waals surface area contributed by atoms with E-state index in [2.05, 4.69) is 0 Å². The first kappa shape index (κ1) is 14.2. The zero-order chi connectivity index (χ0) is 15.1. The SMILES string of the molecule is CN(c1ccc(S(=O)(=O)O)cc1)N1CC(=N)N1C(=O)O. The Morgan fingerprint density at radius 3 is 2.30 bits per heavy atom. The average Bonchev–Trinajstić information content (AvgIpc) is 2.33. The third kappa shape index (κ3) is 2.43. The predicted molar refractivity (Wildman–Crippen MR) is 69.0 cm³/mol. The van der Waals surface area contributed by atoms with Crippen LogP contribution in [0.5, 0.6) is 0 Å². The number of anilines is 1. The summed E-state index contributed by atoms with van der Waals surface area (Å²) in [5, 5.41) is 19.8. The van der Waals surface area contributed by atoms with Gasteiger partial charge in [0.25, 0.3) is 10.1 Å². The second kappa shape index (κ2) is 4.74. The molecular weight excluding hydrogens is 288 g/mol. The molecule has 20 heavy (non-hydrogen) atoms. The molecule has 1 amide bonds. The van der Waals surface area contributed by atoms with Gasteiger partial charge in [0.1, 0.15) is 5.84 Å². The Labute approximate surface area is 114 Å². The lowest BCUT2D eigenvalue weighted by molar-refractivity contribution is 0.00705. The number of amides is 1. The molecule has 108 valence electrons. The zero-order valence-corrected chi connectivity index (χ0v) is 11.2. The minimum atomic E-state index is -4.26. The number of nitrogens with one attached hydrogen (secondary N) is 1. The minimum Gasteiger partial charge on any atom is -0.464 e. The normalized spacial score (nSPS) is 15.9. The summed E-state index contributed by atoms with van der Waals surface area (Å²) in [6.45, 7) is 0.128. The minimum absolute atomic E-state index is 0.0566. The first-order valence-corrected chi connectivity index (χ1v) is 6.85. The molecule has 0 aromatic heterocycles. The standard InChI is InChI=1S/C10H12N4O5S/c1-12(13-6-9(11)14(13)10(15)16)7-2-4-8(5-3-7)20(17,18)19/h2-5,11H,6H2,1H3,(H,15,16)(H,17,18,19). The molecular formula is C10H12N4O5S. The van der Waals surface area contributed by atoms with Crippen molar-refractivity contribution in [1.82, 2.24) is 10.1 Å². The van der Waals surface area contributed by atoms with Gasteiger partial charge in [-0.25, -0.2) is 4.79 Å². The molecule has 3 N–H and O–H groups in total. The second-order valence-corrected chi connectivity index (χ2v) is 5.49. The van der Waals surface area contributed by atoms with E-state index in [0.29, 0.717) is 5.69 Å². The lowest BCUT2D eigenvalue weighted by Gasteiger charge is -2.46. The predicted octanol–water partition coefficient (Wildman–Crippen LogP) is 0.472. The largest absolute Gasteiger partial charge is 0.464 e. The summed E-state index contributed by atoms with van der Waals surface area (Å²) < 4.78 is 30.7. The van der Waals surface area contributed by atoms with Crippen LogP contribution in [0, 0.1) is 5.41 Å². The molecule has 1 aromatic carbocycles. The van der Waals surface area contributed by atoms with Crippen molar-refractivity contribution >= 4 is 27.7 Å². The van der Waals surface area contributed by atoms with Crippen LogP contribution in [0.15, 0.2) is 29.2 Å². The van der Waals surface area contributed by atoms with Crippen molar-refractivity contribution in [2.24, 2.45) is 0 Å². The van der Waals surface area contributed by atoms with E-state index >= 15 is 0 Å². The highest BCUT2D eigenvalue weighted by Gasteiger charge is 2.39. The van der Waals surface area contributed by atoms with Gasteiger partial charge < -0.3 is 5.11 Å². The fourth-order valence-corrected chi connectivity index (χ4v) is 2.23. The lowest BCUT2D eigenvalue weighted by Crippen LogP contribution is -2.68. The number of rotatable bonds is 3. The summed E-state index contributed by atoms with van der Waals surface area (Å²) in [7, 11) is -2.69. The summed E-state index contributed by atoms with van der Waals surface area (Å²) in [5.41, 5.74) is 0.510. The van der Waals surface area contributed by atoms with E-state index in [4.69, 9.17) is 15.1 Å². The highest BCUT2D eigenvalue weighted by atomic mass is 32.2. The summed E-state index contributed by atoms with van der Waals surface area (Å²) in [6, 6.07) is 5.25. The molecule has 0 aliphatic carbocycles. The van der Waals surface area contributed by atoms with Crippen molar-refractivity contribution in [3.05, 3.63) is 24.3 Å². The maximum absolute atomic E-state index is 10.9. The fourth-order valence-electron chi connectivity index (χ4n) is 1.75. The van der Waals surface area contributed by atoms with Crippen LogP contribution < -0.4 is 5.01 Å². The highest BCUT2D eigenvalue weighted by Crippen LogP contribution is 2.23.